The van der Waals surface area contributed by atoms with Crippen LogP contribution in [-0.4, -0.2) is 60.4 Å². The number of carbonyl (C=O) groups is 2. The molecular weight excluding hydrogens is 442 g/mol. The van der Waals surface area contributed by atoms with Crippen molar-refractivity contribution in [3.63, 3.8) is 0 Å². The molecule has 0 unspecified atom stereocenters. The Labute approximate surface area is 184 Å². The molecule has 3 aromatic rings. The van der Waals surface area contributed by atoms with Gasteiger partial charge in [0.2, 0.25) is 5.91 Å². The van der Waals surface area contributed by atoms with Crippen LogP contribution in [0, 0.1) is 0 Å². The lowest BCUT2D eigenvalue weighted by molar-refractivity contribution is -0.154. The number of alkyl halides is 1. The second-order valence-electron chi connectivity index (χ2n) is 7.33. The average molecular weight is 462 g/mol. The van der Waals surface area contributed by atoms with Crippen LogP contribution in [-0.2, 0) is 30.6 Å². The number of hydrogen-bond acceptors (Lipinski definition) is 6. The van der Waals surface area contributed by atoms with Crippen molar-refractivity contribution in [1.29, 1.82) is 0 Å². The van der Waals surface area contributed by atoms with Crippen molar-refractivity contribution < 1.29 is 22.7 Å². The summed E-state index contributed by atoms with van der Waals surface area (Å²) >= 11 is 5.89. The van der Waals surface area contributed by atoms with Crippen LogP contribution in [0.25, 0.3) is 10.9 Å². The summed E-state index contributed by atoms with van der Waals surface area (Å²) in [4.78, 5) is 34.7. The molecule has 3 heterocycles. The number of nitrogens with zero attached hydrogens (tertiary/aromatic N) is 2. The summed E-state index contributed by atoms with van der Waals surface area (Å²) < 4.78 is 28.7. The van der Waals surface area contributed by atoms with E-state index in [1.165, 1.54) is 24.3 Å². The van der Waals surface area contributed by atoms with Crippen LogP contribution in [0.2, 0.25) is 0 Å². The Balaban J connectivity index is 1.96. The number of H-pyrrole nitrogens is 1. The van der Waals surface area contributed by atoms with Gasteiger partial charge in [-0.15, -0.1) is 11.6 Å². The number of sulfone groups is 1. The third-order valence-corrected chi connectivity index (χ3v) is 6.80. The quantitative estimate of drug-likeness (QED) is 0.471. The lowest BCUT2D eigenvalue weighted by Gasteiger charge is -2.40. The fourth-order valence-corrected chi connectivity index (χ4v) is 4.77. The Bertz CT molecular complexity index is 1270. The normalized spacial score (nSPS) is 18.6. The fourth-order valence-electron chi connectivity index (χ4n) is 4.07. The van der Waals surface area contributed by atoms with E-state index in [9.17, 15) is 18.0 Å². The topological polar surface area (TPSA) is 109 Å². The molecule has 0 spiro atoms. The number of halogens is 1. The van der Waals surface area contributed by atoms with Gasteiger partial charge in [0, 0.05) is 35.5 Å². The van der Waals surface area contributed by atoms with Crippen LogP contribution in [0.4, 0.5) is 0 Å². The van der Waals surface area contributed by atoms with Crippen LogP contribution in [0.1, 0.15) is 23.0 Å². The third kappa shape index (κ3) is 3.68. The number of ether oxygens (including phenoxy) is 1. The van der Waals surface area contributed by atoms with E-state index in [0.29, 0.717) is 11.4 Å². The number of carbonyl (C=O) groups excluding carboxylic acids is 2. The summed E-state index contributed by atoms with van der Waals surface area (Å²) in [6.07, 6.45) is 2.60. The SMILES string of the molecule is COC(=O)[C@H]1Cc2c([nH]c3ccccc23)[C@H](c2ccc(S(C)(=O)=O)cn2)N1C(=O)CCl. The summed E-state index contributed by atoms with van der Waals surface area (Å²) in [5, 5.41) is 0.933. The number of esters is 1. The molecule has 0 saturated heterocycles. The van der Waals surface area contributed by atoms with E-state index in [1.807, 2.05) is 24.3 Å². The first-order chi connectivity index (χ1) is 14.8. The molecule has 1 aromatic carbocycles. The number of rotatable bonds is 4. The van der Waals surface area contributed by atoms with Crippen LogP contribution in [0.15, 0.2) is 47.5 Å². The third-order valence-electron chi connectivity index (χ3n) is 5.47. The molecular formula is C21H20ClN3O5S. The Morgan fingerprint density at radius 3 is 2.61 bits per heavy atom. The van der Waals surface area contributed by atoms with Crippen molar-refractivity contribution in [2.24, 2.45) is 0 Å². The van der Waals surface area contributed by atoms with Gasteiger partial charge in [0.05, 0.1) is 17.7 Å². The highest BCUT2D eigenvalue weighted by molar-refractivity contribution is 7.90. The second kappa shape index (κ2) is 7.97. The molecule has 0 radical (unpaired) electrons. The highest BCUT2D eigenvalue weighted by Crippen LogP contribution is 2.40. The molecule has 8 nitrogen and oxygen atoms in total. The molecule has 0 bridgehead atoms. The van der Waals surface area contributed by atoms with E-state index < -0.39 is 33.8 Å². The molecule has 2 aromatic heterocycles. The van der Waals surface area contributed by atoms with Crippen molar-refractivity contribution >= 4 is 44.2 Å². The van der Waals surface area contributed by atoms with E-state index in [4.69, 9.17) is 16.3 Å². The van der Waals surface area contributed by atoms with Crippen molar-refractivity contribution in [3.05, 3.63) is 59.5 Å². The van der Waals surface area contributed by atoms with Gasteiger partial charge in [-0.1, -0.05) is 18.2 Å². The zero-order chi connectivity index (χ0) is 22.3. The molecule has 0 aliphatic carbocycles. The summed E-state index contributed by atoms with van der Waals surface area (Å²) in [6.45, 7) is 0. The number of benzene rings is 1. The number of amides is 1. The predicted molar refractivity (Wildman–Crippen MR) is 115 cm³/mol. The largest absolute Gasteiger partial charge is 0.467 e. The van der Waals surface area contributed by atoms with E-state index in [-0.39, 0.29) is 17.2 Å². The molecule has 1 aliphatic heterocycles. The molecule has 0 saturated carbocycles. The lowest BCUT2D eigenvalue weighted by atomic mass is 9.89. The molecule has 0 fully saturated rings. The lowest BCUT2D eigenvalue weighted by Crippen LogP contribution is -2.52. The van der Waals surface area contributed by atoms with Crippen LogP contribution >= 0.6 is 11.6 Å². The second-order valence-corrected chi connectivity index (χ2v) is 9.62. The highest BCUT2D eigenvalue weighted by atomic mass is 35.5. The van der Waals surface area contributed by atoms with Crippen LogP contribution in [0.3, 0.4) is 0 Å². The number of fused-ring (bicyclic) bond motifs is 3. The summed E-state index contributed by atoms with van der Waals surface area (Å²) in [5.41, 5.74) is 2.85. The number of nitrogens with one attached hydrogen (secondary N) is 1. The minimum absolute atomic E-state index is 0.0590. The molecule has 1 aliphatic rings. The van der Waals surface area contributed by atoms with Gasteiger partial charge < -0.3 is 14.6 Å². The minimum atomic E-state index is -3.44. The molecule has 162 valence electrons. The Morgan fingerprint density at radius 2 is 2.00 bits per heavy atom. The molecule has 4 rings (SSSR count). The van der Waals surface area contributed by atoms with Gasteiger partial charge >= 0.3 is 5.97 Å². The van der Waals surface area contributed by atoms with Crippen molar-refractivity contribution in [1.82, 2.24) is 14.9 Å². The van der Waals surface area contributed by atoms with E-state index in [1.54, 1.807) is 6.07 Å². The van der Waals surface area contributed by atoms with Crippen molar-refractivity contribution in [2.75, 3.05) is 19.2 Å². The highest BCUT2D eigenvalue weighted by Gasteiger charge is 2.44. The Morgan fingerprint density at radius 1 is 1.26 bits per heavy atom. The maximum atomic E-state index is 12.9. The summed E-state index contributed by atoms with van der Waals surface area (Å²) in [6, 6.07) is 8.95. The first-order valence-electron chi connectivity index (χ1n) is 9.46. The van der Waals surface area contributed by atoms with Gasteiger partial charge in [-0.25, -0.2) is 13.2 Å². The van der Waals surface area contributed by atoms with Gasteiger partial charge in [-0.05, 0) is 23.8 Å². The minimum Gasteiger partial charge on any atom is -0.467 e. The van der Waals surface area contributed by atoms with Gasteiger partial charge in [-0.2, -0.15) is 0 Å². The maximum absolute atomic E-state index is 12.9. The number of aromatic nitrogens is 2. The average Bonchev–Trinajstić information content (AvgIpc) is 3.14. The van der Waals surface area contributed by atoms with Gasteiger partial charge in [0.25, 0.3) is 0 Å². The first-order valence-corrected chi connectivity index (χ1v) is 11.9. The van der Waals surface area contributed by atoms with Crippen LogP contribution in [0.5, 0.6) is 0 Å². The van der Waals surface area contributed by atoms with Gasteiger partial charge in [0.1, 0.15) is 18.0 Å². The molecule has 10 heteroatoms. The fraction of sp³-hybridized carbons (Fsp3) is 0.286. The number of hydrogen-bond donors (Lipinski definition) is 1. The van der Waals surface area contributed by atoms with E-state index in [0.717, 1.165) is 22.7 Å². The summed E-state index contributed by atoms with van der Waals surface area (Å²) in [7, 11) is -2.17. The predicted octanol–water partition coefficient (Wildman–Crippen LogP) is 2.22. The van der Waals surface area contributed by atoms with Gasteiger partial charge in [0.15, 0.2) is 9.84 Å². The van der Waals surface area contributed by atoms with Crippen molar-refractivity contribution in [3.8, 4) is 0 Å². The monoisotopic (exact) mass is 461 g/mol. The van der Waals surface area contributed by atoms with E-state index >= 15 is 0 Å². The van der Waals surface area contributed by atoms with Gasteiger partial charge in [-0.3, -0.25) is 9.78 Å². The zero-order valence-corrected chi connectivity index (χ0v) is 18.4. The molecule has 1 N–H and O–H groups in total. The number of pyridine rings is 1. The first kappa shape index (κ1) is 21.3. The Hall–Kier alpha value is -2.91. The number of aromatic amines is 1. The number of methoxy groups -OCH3 is 1. The Kier molecular flexibility index (Phi) is 5.49. The van der Waals surface area contributed by atoms with E-state index in [2.05, 4.69) is 9.97 Å². The molecule has 1 amide bonds. The molecule has 31 heavy (non-hydrogen) atoms. The smallest absolute Gasteiger partial charge is 0.328 e. The maximum Gasteiger partial charge on any atom is 0.328 e. The van der Waals surface area contributed by atoms with Crippen LogP contribution < -0.4 is 0 Å². The summed E-state index contributed by atoms with van der Waals surface area (Å²) in [5.74, 6) is -1.35. The number of para-hydroxylation sites is 1. The molecule has 2 atom stereocenters. The zero-order valence-electron chi connectivity index (χ0n) is 16.8. The van der Waals surface area contributed by atoms with Crippen molar-refractivity contribution in [2.45, 2.75) is 23.4 Å². The standard InChI is InChI=1S/C21H20ClN3O5S/c1-30-21(27)17-9-14-13-5-3-4-6-15(13)24-19(14)20(25(17)18(26)10-22)16-8-7-12(11-23-16)31(2,28)29/h3-8,11,17,20,24H,9-10H2,1-2H3/t17-,20+/m1/s1.